The standard InChI is InChI=1S/C37H41N3O5S/c1-3-20-44-35(42)39-34(41)33-23-27(25-38-33)22-31-24-32(26-40(31)36(43)45-21-4-2)46-37(28-14-8-5-9-15-28,29-16-10-6-11-17-29)30-18-12-7-13-19-30/h3-19,27,31-33,38H,1-2,20-26H2,(H,39,41,42)/t27?,31-,32+,33+/m1/s1. The van der Waals surface area contributed by atoms with Crippen LogP contribution in [0.1, 0.15) is 36.0 Å². The number of rotatable bonds is 12. The van der Waals surface area contributed by atoms with Crippen LogP contribution in [0.4, 0.5) is 9.59 Å². The molecule has 3 aromatic rings. The Morgan fingerprint density at radius 3 is 1.93 bits per heavy atom. The van der Waals surface area contributed by atoms with Crippen LogP contribution in [0.25, 0.3) is 0 Å². The smallest absolute Gasteiger partial charge is 0.414 e. The summed E-state index contributed by atoms with van der Waals surface area (Å²) in [4.78, 5) is 39.9. The number of alkyl carbamates (subject to hydrolysis) is 1. The Hall–Kier alpha value is -4.34. The number of hydrogen-bond donors (Lipinski definition) is 2. The third-order valence-electron chi connectivity index (χ3n) is 8.52. The number of nitrogens with zero attached hydrogens (tertiary/aromatic N) is 1. The van der Waals surface area contributed by atoms with Crippen LogP contribution < -0.4 is 10.6 Å². The molecule has 2 aliphatic heterocycles. The maximum Gasteiger partial charge on any atom is 0.414 e. The summed E-state index contributed by atoms with van der Waals surface area (Å²) in [5.74, 6) is -0.289. The zero-order chi connectivity index (χ0) is 32.4. The van der Waals surface area contributed by atoms with E-state index >= 15 is 0 Å². The minimum absolute atomic E-state index is 0.0264. The van der Waals surface area contributed by atoms with Crippen molar-refractivity contribution < 1.29 is 23.9 Å². The lowest BCUT2D eigenvalue weighted by atomic mass is 9.84. The second-order valence-electron chi connectivity index (χ2n) is 11.6. The first-order valence-electron chi connectivity index (χ1n) is 15.6. The Balaban J connectivity index is 1.39. The highest BCUT2D eigenvalue weighted by atomic mass is 32.2. The molecule has 0 aromatic heterocycles. The molecule has 8 nitrogen and oxygen atoms in total. The third kappa shape index (κ3) is 7.71. The highest BCUT2D eigenvalue weighted by molar-refractivity contribution is 8.01. The monoisotopic (exact) mass is 639 g/mol. The van der Waals surface area contributed by atoms with Gasteiger partial charge in [-0.25, -0.2) is 9.59 Å². The van der Waals surface area contributed by atoms with Gasteiger partial charge in [0.05, 0.1) is 10.8 Å². The van der Waals surface area contributed by atoms with Crippen molar-refractivity contribution in [3.63, 3.8) is 0 Å². The van der Waals surface area contributed by atoms with E-state index in [1.54, 1.807) is 6.08 Å². The van der Waals surface area contributed by atoms with Crippen molar-refractivity contribution in [3.05, 3.63) is 133 Å². The molecule has 2 heterocycles. The molecule has 3 aromatic carbocycles. The van der Waals surface area contributed by atoms with Gasteiger partial charge in [-0.2, -0.15) is 0 Å². The minimum Gasteiger partial charge on any atom is -0.445 e. The van der Waals surface area contributed by atoms with Crippen LogP contribution >= 0.6 is 11.8 Å². The molecule has 240 valence electrons. The molecular weight excluding hydrogens is 598 g/mol. The average molecular weight is 640 g/mol. The molecule has 2 N–H and O–H groups in total. The van der Waals surface area contributed by atoms with Crippen molar-refractivity contribution >= 4 is 29.9 Å². The molecule has 0 aliphatic carbocycles. The van der Waals surface area contributed by atoms with E-state index in [9.17, 15) is 14.4 Å². The Bertz CT molecular complexity index is 1390. The van der Waals surface area contributed by atoms with Gasteiger partial charge in [0.25, 0.3) is 0 Å². The van der Waals surface area contributed by atoms with Crippen molar-refractivity contribution in [2.45, 2.75) is 41.3 Å². The topological polar surface area (TPSA) is 97.0 Å². The van der Waals surface area contributed by atoms with E-state index in [-0.39, 0.29) is 36.5 Å². The first-order chi connectivity index (χ1) is 22.4. The Labute approximate surface area is 275 Å². The first-order valence-corrected chi connectivity index (χ1v) is 16.5. The van der Waals surface area contributed by atoms with Crippen molar-refractivity contribution in [1.29, 1.82) is 0 Å². The molecule has 0 spiro atoms. The molecular formula is C37H41N3O5S. The lowest BCUT2D eigenvalue weighted by molar-refractivity contribution is -0.122. The van der Waals surface area contributed by atoms with Gasteiger partial charge in [-0.3, -0.25) is 10.1 Å². The third-order valence-corrected chi connectivity index (χ3v) is 10.3. The number of ether oxygens (including phenoxy) is 2. The highest BCUT2D eigenvalue weighted by Gasteiger charge is 2.45. The van der Waals surface area contributed by atoms with Crippen LogP contribution in [-0.2, 0) is 19.0 Å². The highest BCUT2D eigenvalue weighted by Crippen LogP contribution is 2.52. The van der Waals surface area contributed by atoms with E-state index in [4.69, 9.17) is 9.47 Å². The predicted molar refractivity (Wildman–Crippen MR) is 181 cm³/mol. The van der Waals surface area contributed by atoms with Crippen molar-refractivity contribution in [2.75, 3.05) is 26.3 Å². The summed E-state index contributed by atoms with van der Waals surface area (Å²) in [7, 11) is 0. The van der Waals surface area contributed by atoms with Gasteiger partial charge in [0.15, 0.2) is 0 Å². The van der Waals surface area contributed by atoms with Crippen molar-refractivity contribution in [1.82, 2.24) is 15.5 Å². The van der Waals surface area contributed by atoms with Gasteiger partial charge in [0.2, 0.25) is 5.91 Å². The zero-order valence-corrected chi connectivity index (χ0v) is 26.7. The van der Waals surface area contributed by atoms with Crippen LogP contribution in [0.3, 0.4) is 0 Å². The van der Waals surface area contributed by atoms with Gasteiger partial charge in [-0.15, -0.1) is 11.8 Å². The lowest BCUT2D eigenvalue weighted by Crippen LogP contribution is -2.43. The SMILES string of the molecule is C=CCOC(=O)NC(=O)[C@@H]1CC(C[C@@H]2C[C@H](SC(c3ccccc3)(c3ccccc3)c3ccccc3)CN2C(=O)OCC=C)CN1. The largest absolute Gasteiger partial charge is 0.445 e. The van der Waals surface area contributed by atoms with Crippen LogP contribution in [0.15, 0.2) is 116 Å². The molecule has 3 amide bonds. The molecule has 0 radical (unpaired) electrons. The second-order valence-corrected chi connectivity index (χ2v) is 13.1. The second kappa shape index (κ2) is 15.8. The quantitative estimate of drug-likeness (QED) is 0.178. The molecule has 0 saturated carbocycles. The van der Waals surface area contributed by atoms with E-state index in [1.165, 1.54) is 22.8 Å². The zero-order valence-electron chi connectivity index (χ0n) is 25.9. The molecule has 1 unspecified atom stereocenters. The van der Waals surface area contributed by atoms with Gasteiger partial charge in [-0.1, -0.05) is 116 Å². The number of hydrogen-bond acceptors (Lipinski definition) is 7. The number of likely N-dealkylation sites (tertiary alicyclic amines) is 1. The van der Waals surface area contributed by atoms with Gasteiger partial charge >= 0.3 is 12.2 Å². The number of imide groups is 1. The fraction of sp³-hybridized carbons (Fsp3) is 0.324. The summed E-state index contributed by atoms with van der Waals surface area (Å²) in [6.45, 7) is 8.50. The first kappa shape index (κ1) is 33.0. The normalized spacial score (nSPS) is 20.9. The number of carbonyl (C=O) groups is 3. The summed E-state index contributed by atoms with van der Waals surface area (Å²) in [6, 6.07) is 31.0. The minimum atomic E-state index is -0.791. The molecule has 2 saturated heterocycles. The molecule has 46 heavy (non-hydrogen) atoms. The Morgan fingerprint density at radius 1 is 0.848 bits per heavy atom. The summed E-state index contributed by atoms with van der Waals surface area (Å²) in [5, 5.41) is 5.63. The molecule has 9 heteroatoms. The summed E-state index contributed by atoms with van der Waals surface area (Å²) in [6.07, 6.45) is 3.88. The van der Waals surface area contributed by atoms with Crippen LogP contribution in [0.2, 0.25) is 0 Å². The molecule has 2 aliphatic rings. The number of thioether (sulfide) groups is 1. The number of benzene rings is 3. The average Bonchev–Trinajstić information content (AvgIpc) is 3.73. The number of carbonyl (C=O) groups excluding carboxylic acids is 3. The fourth-order valence-corrected chi connectivity index (χ4v) is 8.39. The molecule has 4 atom stereocenters. The van der Waals surface area contributed by atoms with E-state index in [1.807, 2.05) is 34.9 Å². The molecule has 5 rings (SSSR count). The predicted octanol–water partition coefficient (Wildman–Crippen LogP) is 6.28. The fourth-order valence-electron chi connectivity index (χ4n) is 6.52. The molecule has 0 bridgehead atoms. The van der Waals surface area contributed by atoms with Gasteiger partial charge < -0.3 is 19.7 Å². The van der Waals surface area contributed by atoms with Gasteiger partial charge in [0.1, 0.15) is 13.2 Å². The Kier molecular flexibility index (Phi) is 11.3. The van der Waals surface area contributed by atoms with Crippen LogP contribution in [0, 0.1) is 5.92 Å². The van der Waals surface area contributed by atoms with Gasteiger partial charge in [0, 0.05) is 17.8 Å². The van der Waals surface area contributed by atoms with E-state index in [0.717, 1.165) is 6.42 Å². The van der Waals surface area contributed by atoms with E-state index < -0.39 is 22.8 Å². The summed E-state index contributed by atoms with van der Waals surface area (Å²) in [5.41, 5.74) is 3.51. The van der Waals surface area contributed by atoms with E-state index in [0.29, 0.717) is 25.9 Å². The number of nitrogens with one attached hydrogen (secondary N) is 2. The Morgan fingerprint density at radius 2 is 1.39 bits per heavy atom. The van der Waals surface area contributed by atoms with Crippen LogP contribution in [0.5, 0.6) is 0 Å². The molecule has 2 fully saturated rings. The maximum atomic E-state index is 13.4. The van der Waals surface area contributed by atoms with Gasteiger partial charge in [-0.05, 0) is 48.4 Å². The summed E-state index contributed by atoms with van der Waals surface area (Å²) >= 11 is 1.88. The van der Waals surface area contributed by atoms with E-state index in [2.05, 4.69) is 96.6 Å². The number of amides is 3. The van der Waals surface area contributed by atoms with Crippen LogP contribution in [-0.4, -0.2) is 66.6 Å². The summed E-state index contributed by atoms with van der Waals surface area (Å²) < 4.78 is 9.94. The lowest BCUT2D eigenvalue weighted by Gasteiger charge is -2.37. The van der Waals surface area contributed by atoms with Crippen molar-refractivity contribution in [3.8, 4) is 0 Å². The van der Waals surface area contributed by atoms with Crippen molar-refractivity contribution in [2.24, 2.45) is 5.92 Å². The maximum absolute atomic E-state index is 13.4.